The molecule has 18 heavy (non-hydrogen) atoms. The molecule has 0 bridgehead atoms. The Labute approximate surface area is 105 Å². The summed E-state index contributed by atoms with van der Waals surface area (Å²) in [7, 11) is 0. The molecular formula is C13H16N4O. The summed E-state index contributed by atoms with van der Waals surface area (Å²) in [6.07, 6.45) is 5.05. The van der Waals surface area contributed by atoms with Crippen molar-refractivity contribution in [1.29, 1.82) is 0 Å². The van der Waals surface area contributed by atoms with Crippen LogP contribution in [0.3, 0.4) is 0 Å². The van der Waals surface area contributed by atoms with E-state index < -0.39 is 0 Å². The number of nitrogens with zero attached hydrogens (tertiary/aromatic N) is 3. The number of aromatic nitrogens is 3. The predicted molar refractivity (Wildman–Crippen MR) is 66.7 cm³/mol. The summed E-state index contributed by atoms with van der Waals surface area (Å²) < 4.78 is 5.18. The Kier molecular flexibility index (Phi) is 2.83. The first-order chi connectivity index (χ1) is 8.78. The number of hydrogen-bond donors (Lipinski definition) is 1. The first kappa shape index (κ1) is 11.3. The van der Waals surface area contributed by atoms with Crippen molar-refractivity contribution in [3.63, 3.8) is 0 Å². The monoisotopic (exact) mass is 244 g/mol. The van der Waals surface area contributed by atoms with Crippen molar-refractivity contribution in [2.75, 3.05) is 0 Å². The first-order valence-corrected chi connectivity index (χ1v) is 6.33. The molecule has 1 atom stereocenters. The lowest BCUT2D eigenvalue weighted by atomic mass is 10.1. The molecule has 2 N–H and O–H groups in total. The predicted octanol–water partition coefficient (Wildman–Crippen LogP) is 2.42. The summed E-state index contributed by atoms with van der Waals surface area (Å²) in [6.45, 7) is 1.99. The molecule has 1 saturated carbocycles. The third-order valence-corrected chi connectivity index (χ3v) is 3.23. The molecule has 3 rings (SSSR count). The summed E-state index contributed by atoms with van der Waals surface area (Å²) in [5, 5.41) is 3.98. The van der Waals surface area contributed by atoms with Crippen LogP contribution in [0.1, 0.15) is 49.7 Å². The Morgan fingerprint density at radius 2 is 2.33 bits per heavy atom. The second-order valence-corrected chi connectivity index (χ2v) is 4.71. The molecule has 0 spiro atoms. The first-order valence-electron chi connectivity index (χ1n) is 6.33. The molecule has 2 aromatic heterocycles. The summed E-state index contributed by atoms with van der Waals surface area (Å²) >= 11 is 0. The van der Waals surface area contributed by atoms with Gasteiger partial charge in [0.15, 0.2) is 0 Å². The van der Waals surface area contributed by atoms with Crippen molar-refractivity contribution < 1.29 is 4.52 Å². The van der Waals surface area contributed by atoms with E-state index in [4.69, 9.17) is 10.3 Å². The molecule has 1 aliphatic rings. The standard InChI is InChI=1S/C13H16N4O/c1-2-10(14)13-16-12(17-18-13)9-5-6-15-11(7-9)8-3-4-8/h5-8,10H,2-4,14H2,1H3. The van der Waals surface area contributed by atoms with Gasteiger partial charge in [-0.25, -0.2) is 0 Å². The van der Waals surface area contributed by atoms with Crippen LogP contribution in [0.2, 0.25) is 0 Å². The number of nitrogens with two attached hydrogens (primary N) is 1. The Bertz CT molecular complexity index is 547. The number of pyridine rings is 1. The van der Waals surface area contributed by atoms with Gasteiger partial charge in [0.25, 0.3) is 0 Å². The third-order valence-electron chi connectivity index (χ3n) is 3.23. The van der Waals surface area contributed by atoms with Crippen molar-refractivity contribution in [2.45, 2.75) is 38.1 Å². The average molecular weight is 244 g/mol. The van der Waals surface area contributed by atoms with Crippen LogP contribution >= 0.6 is 0 Å². The second kappa shape index (κ2) is 4.49. The molecule has 0 amide bonds. The van der Waals surface area contributed by atoms with E-state index >= 15 is 0 Å². The highest BCUT2D eigenvalue weighted by Gasteiger charge is 2.25. The largest absolute Gasteiger partial charge is 0.337 e. The zero-order valence-electron chi connectivity index (χ0n) is 10.3. The van der Waals surface area contributed by atoms with Crippen molar-refractivity contribution in [2.24, 2.45) is 5.73 Å². The van der Waals surface area contributed by atoms with Crippen molar-refractivity contribution in [3.05, 3.63) is 29.9 Å². The minimum Gasteiger partial charge on any atom is -0.337 e. The zero-order chi connectivity index (χ0) is 12.5. The fourth-order valence-corrected chi connectivity index (χ4v) is 1.87. The highest BCUT2D eigenvalue weighted by molar-refractivity contribution is 5.54. The number of hydrogen-bond acceptors (Lipinski definition) is 5. The van der Waals surface area contributed by atoms with Crippen molar-refractivity contribution >= 4 is 0 Å². The van der Waals surface area contributed by atoms with E-state index in [-0.39, 0.29) is 6.04 Å². The molecule has 0 aliphatic heterocycles. The van der Waals surface area contributed by atoms with Crippen LogP contribution in [-0.2, 0) is 0 Å². The van der Waals surface area contributed by atoms with Gasteiger partial charge in [0.2, 0.25) is 11.7 Å². The van der Waals surface area contributed by atoms with Crippen LogP contribution in [-0.4, -0.2) is 15.1 Å². The lowest BCUT2D eigenvalue weighted by molar-refractivity contribution is 0.352. The highest BCUT2D eigenvalue weighted by atomic mass is 16.5. The molecule has 2 heterocycles. The topological polar surface area (TPSA) is 77.8 Å². The lowest BCUT2D eigenvalue weighted by Gasteiger charge is -2.00. The van der Waals surface area contributed by atoms with Gasteiger partial charge in [0, 0.05) is 23.4 Å². The smallest absolute Gasteiger partial charge is 0.243 e. The zero-order valence-corrected chi connectivity index (χ0v) is 10.3. The second-order valence-electron chi connectivity index (χ2n) is 4.71. The van der Waals surface area contributed by atoms with E-state index in [9.17, 15) is 0 Å². The van der Waals surface area contributed by atoms with E-state index in [1.807, 2.05) is 19.1 Å². The Morgan fingerprint density at radius 3 is 3.06 bits per heavy atom. The van der Waals surface area contributed by atoms with Gasteiger partial charge in [-0.3, -0.25) is 4.98 Å². The highest BCUT2D eigenvalue weighted by Crippen LogP contribution is 2.39. The summed E-state index contributed by atoms with van der Waals surface area (Å²) in [5.41, 5.74) is 7.94. The van der Waals surface area contributed by atoms with Gasteiger partial charge < -0.3 is 10.3 Å². The number of rotatable bonds is 4. The maximum atomic E-state index is 5.87. The quantitative estimate of drug-likeness (QED) is 0.893. The third kappa shape index (κ3) is 2.13. The molecule has 1 fully saturated rings. The molecule has 5 heteroatoms. The van der Waals surface area contributed by atoms with Crippen molar-refractivity contribution in [3.8, 4) is 11.4 Å². The summed E-state index contributed by atoms with van der Waals surface area (Å²) in [6, 6.07) is 3.76. The van der Waals surface area contributed by atoms with Gasteiger partial charge in [-0.05, 0) is 31.4 Å². The van der Waals surface area contributed by atoms with Gasteiger partial charge in [-0.15, -0.1) is 0 Å². The molecule has 2 aromatic rings. The lowest BCUT2D eigenvalue weighted by Crippen LogP contribution is -2.08. The van der Waals surface area contributed by atoms with Gasteiger partial charge >= 0.3 is 0 Å². The molecule has 5 nitrogen and oxygen atoms in total. The van der Waals surface area contributed by atoms with Crippen LogP contribution in [0, 0.1) is 0 Å². The molecule has 0 saturated heterocycles. The van der Waals surface area contributed by atoms with Crippen molar-refractivity contribution in [1.82, 2.24) is 15.1 Å². The summed E-state index contributed by atoms with van der Waals surface area (Å²) in [5.74, 6) is 1.71. The van der Waals surface area contributed by atoms with Crippen LogP contribution in [0.5, 0.6) is 0 Å². The van der Waals surface area contributed by atoms with E-state index in [2.05, 4.69) is 15.1 Å². The molecule has 0 aromatic carbocycles. The van der Waals surface area contributed by atoms with E-state index in [0.29, 0.717) is 17.6 Å². The average Bonchev–Trinajstić information content (AvgIpc) is 3.15. The van der Waals surface area contributed by atoms with Crippen LogP contribution < -0.4 is 5.73 Å². The SMILES string of the molecule is CCC(N)c1nc(-c2ccnc(C3CC3)c2)no1. The fourth-order valence-electron chi connectivity index (χ4n) is 1.87. The van der Waals surface area contributed by atoms with E-state index in [1.165, 1.54) is 12.8 Å². The minimum absolute atomic E-state index is 0.184. The minimum atomic E-state index is -0.184. The molecule has 1 unspecified atom stereocenters. The van der Waals surface area contributed by atoms with Gasteiger partial charge in [-0.2, -0.15) is 4.98 Å². The van der Waals surface area contributed by atoms with Crippen LogP contribution in [0.25, 0.3) is 11.4 Å². The molecule has 1 aliphatic carbocycles. The normalized spacial score (nSPS) is 16.8. The maximum Gasteiger partial charge on any atom is 0.243 e. The maximum absolute atomic E-state index is 5.87. The van der Waals surface area contributed by atoms with E-state index in [1.54, 1.807) is 6.20 Å². The molecule has 94 valence electrons. The fraction of sp³-hybridized carbons (Fsp3) is 0.462. The Balaban J connectivity index is 1.89. The van der Waals surface area contributed by atoms with E-state index in [0.717, 1.165) is 17.7 Å². The molecular weight excluding hydrogens is 228 g/mol. The summed E-state index contributed by atoms with van der Waals surface area (Å²) in [4.78, 5) is 8.72. The van der Waals surface area contributed by atoms with Crippen LogP contribution in [0.4, 0.5) is 0 Å². The van der Waals surface area contributed by atoms with Gasteiger partial charge in [-0.1, -0.05) is 12.1 Å². The van der Waals surface area contributed by atoms with Gasteiger partial charge in [0.05, 0.1) is 6.04 Å². The van der Waals surface area contributed by atoms with Gasteiger partial charge in [0.1, 0.15) is 0 Å². The Morgan fingerprint density at radius 1 is 1.50 bits per heavy atom. The Hall–Kier alpha value is -1.75. The van der Waals surface area contributed by atoms with Crippen LogP contribution in [0.15, 0.2) is 22.9 Å². The molecule has 0 radical (unpaired) electrons.